The van der Waals surface area contributed by atoms with E-state index in [1.54, 1.807) is 19.3 Å². The lowest BCUT2D eigenvalue weighted by atomic mass is 10.2. The minimum atomic E-state index is -0.722. The number of rotatable bonds is 5. The third-order valence-electron chi connectivity index (χ3n) is 5.61. The second-order valence-electron chi connectivity index (χ2n) is 8.12. The van der Waals surface area contributed by atoms with E-state index in [0.717, 1.165) is 11.4 Å². The zero-order valence-electron chi connectivity index (χ0n) is 19.0. The van der Waals surface area contributed by atoms with Crippen molar-refractivity contribution in [2.45, 2.75) is 18.6 Å². The number of carbonyl (C=O) groups is 1. The fourth-order valence-electron chi connectivity index (χ4n) is 3.53. The second kappa shape index (κ2) is 9.99. The molecule has 0 aliphatic carbocycles. The lowest BCUT2D eigenvalue weighted by Gasteiger charge is -2.25. The van der Waals surface area contributed by atoms with E-state index >= 15 is 0 Å². The molecule has 2 fully saturated rings. The van der Waals surface area contributed by atoms with E-state index in [4.69, 9.17) is 14.4 Å². The standard InChI is InChI=1S/C18H15N7O2.C5H9NO2/c1-2-13(20-14(3-1)16-6-9-27-24-16)15-4-7-19-18(21-15)22-17-5-8-25(23-17)12-10-26-11-12;1-6-3-2-4(7)5(6)8/h1-9,12H,10-11H2,(H,19,21,22,23);4,7H,2-3H2,1H3. The summed E-state index contributed by atoms with van der Waals surface area (Å²) in [5.74, 6) is 0.990. The van der Waals surface area contributed by atoms with Crippen LogP contribution in [-0.4, -0.2) is 78.7 Å². The largest absolute Gasteiger partial charge is 0.383 e. The highest BCUT2D eigenvalue weighted by Crippen LogP contribution is 2.22. The predicted molar refractivity (Wildman–Crippen MR) is 124 cm³/mol. The number of ether oxygens (including phenoxy) is 1. The number of anilines is 2. The summed E-state index contributed by atoms with van der Waals surface area (Å²) < 4.78 is 12.0. The van der Waals surface area contributed by atoms with Crippen molar-refractivity contribution in [3.63, 3.8) is 0 Å². The fraction of sp³-hybridized carbons (Fsp3) is 0.304. The van der Waals surface area contributed by atoms with Crippen molar-refractivity contribution in [2.75, 3.05) is 32.1 Å². The van der Waals surface area contributed by atoms with E-state index < -0.39 is 6.10 Å². The van der Waals surface area contributed by atoms with Crippen molar-refractivity contribution in [3.05, 3.63) is 55.1 Å². The number of amides is 1. The van der Waals surface area contributed by atoms with Gasteiger partial charge in [0.25, 0.3) is 5.91 Å². The quantitative estimate of drug-likeness (QED) is 0.438. The summed E-state index contributed by atoms with van der Waals surface area (Å²) in [7, 11) is 1.69. The molecule has 4 aromatic heterocycles. The number of hydrogen-bond acceptors (Lipinski definition) is 10. The van der Waals surface area contributed by atoms with Gasteiger partial charge in [-0.2, -0.15) is 5.10 Å². The number of likely N-dealkylation sites (tertiary alicyclic amines) is 1. The van der Waals surface area contributed by atoms with E-state index in [-0.39, 0.29) is 5.91 Å². The molecule has 1 amide bonds. The molecule has 12 heteroatoms. The first-order valence-corrected chi connectivity index (χ1v) is 11.1. The molecule has 0 saturated carbocycles. The van der Waals surface area contributed by atoms with Crippen LogP contribution in [0.3, 0.4) is 0 Å². The molecule has 4 aromatic rings. The lowest BCUT2D eigenvalue weighted by molar-refractivity contribution is -0.133. The average molecular weight is 476 g/mol. The first-order valence-electron chi connectivity index (χ1n) is 11.1. The van der Waals surface area contributed by atoms with E-state index in [1.165, 1.54) is 11.2 Å². The zero-order valence-corrected chi connectivity index (χ0v) is 19.0. The SMILES string of the molecule is CN1CCC(O)C1=O.c1cc(-c2ccon2)nc(-c2ccnc(Nc3ccn(C4COC4)n3)n2)c1. The maximum atomic E-state index is 10.6. The number of hydrogen-bond donors (Lipinski definition) is 2. The summed E-state index contributed by atoms with van der Waals surface area (Å²) >= 11 is 0. The summed E-state index contributed by atoms with van der Waals surface area (Å²) in [6.07, 6.45) is 4.99. The fourth-order valence-corrected chi connectivity index (χ4v) is 3.53. The van der Waals surface area contributed by atoms with Crippen molar-refractivity contribution in [3.8, 4) is 22.8 Å². The molecule has 2 aliphatic rings. The number of carbonyl (C=O) groups excluding carboxylic acids is 1. The average Bonchev–Trinajstić information content (AvgIpc) is 3.59. The Balaban J connectivity index is 0.000000271. The van der Waals surface area contributed by atoms with Gasteiger partial charge >= 0.3 is 0 Å². The Morgan fingerprint density at radius 2 is 1.86 bits per heavy atom. The molecular formula is C23H24N8O4. The van der Waals surface area contributed by atoms with E-state index in [9.17, 15) is 4.79 Å². The van der Waals surface area contributed by atoms with E-state index in [0.29, 0.717) is 55.4 Å². The topological polar surface area (TPSA) is 144 Å². The normalized spacial score (nSPS) is 17.6. The van der Waals surface area contributed by atoms with Gasteiger partial charge in [-0.25, -0.2) is 15.0 Å². The summed E-state index contributed by atoms with van der Waals surface area (Å²) in [5, 5.41) is 20.3. The highest BCUT2D eigenvalue weighted by molar-refractivity contribution is 5.82. The van der Waals surface area contributed by atoms with Gasteiger partial charge in [-0.05, 0) is 24.6 Å². The summed E-state index contributed by atoms with van der Waals surface area (Å²) in [6, 6.07) is 11.4. The molecule has 6 heterocycles. The van der Waals surface area contributed by atoms with Gasteiger partial charge in [-0.1, -0.05) is 11.2 Å². The molecule has 0 radical (unpaired) electrons. The van der Waals surface area contributed by atoms with Crippen LogP contribution in [0.15, 0.2) is 59.6 Å². The first kappa shape index (κ1) is 22.6. The minimum absolute atomic E-state index is 0.148. The van der Waals surface area contributed by atoms with E-state index in [2.05, 4.69) is 30.5 Å². The third kappa shape index (κ3) is 5.18. The van der Waals surface area contributed by atoms with Gasteiger partial charge in [-0.3, -0.25) is 9.48 Å². The van der Waals surface area contributed by atoms with Crippen LogP contribution in [0, 0.1) is 0 Å². The molecular weight excluding hydrogens is 452 g/mol. The molecule has 0 bridgehead atoms. The smallest absolute Gasteiger partial charge is 0.251 e. The van der Waals surface area contributed by atoms with Gasteiger partial charge in [0.2, 0.25) is 5.95 Å². The summed E-state index contributed by atoms with van der Waals surface area (Å²) in [5.41, 5.74) is 2.81. The maximum Gasteiger partial charge on any atom is 0.251 e. The number of aromatic nitrogens is 6. The van der Waals surface area contributed by atoms with Gasteiger partial charge < -0.3 is 24.6 Å². The van der Waals surface area contributed by atoms with Crippen molar-refractivity contribution in [1.29, 1.82) is 0 Å². The first-order chi connectivity index (χ1) is 17.1. The Hall–Kier alpha value is -4.16. The Kier molecular flexibility index (Phi) is 6.46. The van der Waals surface area contributed by atoms with Gasteiger partial charge in [0.15, 0.2) is 5.82 Å². The van der Waals surface area contributed by atoms with Crippen molar-refractivity contribution in [1.82, 2.24) is 34.8 Å². The number of likely N-dealkylation sites (N-methyl/N-ethyl adjacent to an activating group) is 1. The molecule has 1 atom stereocenters. The van der Waals surface area contributed by atoms with Crippen LogP contribution in [0.4, 0.5) is 11.8 Å². The molecule has 35 heavy (non-hydrogen) atoms. The number of aliphatic hydroxyl groups is 1. The van der Waals surface area contributed by atoms with Gasteiger partial charge in [-0.15, -0.1) is 0 Å². The molecule has 0 aromatic carbocycles. The Labute approximate surface area is 200 Å². The Morgan fingerprint density at radius 3 is 2.49 bits per heavy atom. The molecule has 2 N–H and O–H groups in total. The highest BCUT2D eigenvalue weighted by Gasteiger charge is 2.26. The van der Waals surface area contributed by atoms with Crippen LogP contribution in [0.25, 0.3) is 22.8 Å². The van der Waals surface area contributed by atoms with Crippen LogP contribution < -0.4 is 5.32 Å². The van der Waals surface area contributed by atoms with Gasteiger partial charge in [0.1, 0.15) is 18.1 Å². The van der Waals surface area contributed by atoms with Crippen molar-refractivity contribution < 1.29 is 19.2 Å². The number of nitrogens with one attached hydrogen (secondary N) is 1. The minimum Gasteiger partial charge on any atom is -0.383 e. The highest BCUT2D eigenvalue weighted by atomic mass is 16.5. The third-order valence-corrected chi connectivity index (χ3v) is 5.61. The monoisotopic (exact) mass is 476 g/mol. The molecule has 180 valence electrons. The number of nitrogens with zero attached hydrogens (tertiary/aromatic N) is 7. The second-order valence-corrected chi connectivity index (χ2v) is 8.12. The summed E-state index contributed by atoms with van der Waals surface area (Å²) in [4.78, 5) is 25.5. The number of pyridine rings is 1. The molecule has 6 rings (SSSR count). The summed E-state index contributed by atoms with van der Waals surface area (Å²) in [6.45, 7) is 2.08. The number of aliphatic hydroxyl groups excluding tert-OH is 1. The van der Waals surface area contributed by atoms with Crippen molar-refractivity contribution >= 4 is 17.7 Å². The Bertz CT molecular complexity index is 1280. The molecule has 2 aliphatic heterocycles. The molecule has 12 nitrogen and oxygen atoms in total. The van der Waals surface area contributed by atoms with Gasteiger partial charge in [0, 0.05) is 38.1 Å². The maximum absolute atomic E-state index is 10.6. The Morgan fingerprint density at radius 1 is 1.06 bits per heavy atom. The zero-order chi connectivity index (χ0) is 24.2. The van der Waals surface area contributed by atoms with Crippen LogP contribution >= 0.6 is 0 Å². The van der Waals surface area contributed by atoms with Crippen LogP contribution in [0.2, 0.25) is 0 Å². The van der Waals surface area contributed by atoms with Crippen molar-refractivity contribution in [2.24, 2.45) is 0 Å². The van der Waals surface area contributed by atoms with Crippen LogP contribution in [0.5, 0.6) is 0 Å². The van der Waals surface area contributed by atoms with Crippen LogP contribution in [0.1, 0.15) is 12.5 Å². The molecule has 2 saturated heterocycles. The lowest BCUT2D eigenvalue weighted by Crippen LogP contribution is -2.30. The van der Waals surface area contributed by atoms with Gasteiger partial charge in [0.05, 0.1) is 36.3 Å². The van der Waals surface area contributed by atoms with Crippen LogP contribution in [-0.2, 0) is 9.53 Å². The molecule has 0 spiro atoms. The van der Waals surface area contributed by atoms with E-state index in [1.807, 2.05) is 41.2 Å². The predicted octanol–water partition coefficient (Wildman–Crippen LogP) is 1.91. The molecule has 1 unspecified atom stereocenters.